The van der Waals surface area contributed by atoms with Crippen molar-refractivity contribution >= 4 is 17.6 Å². The summed E-state index contributed by atoms with van der Waals surface area (Å²) in [6, 6.07) is 7.25. The van der Waals surface area contributed by atoms with Crippen molar-refractivity contribution in [3.05, 3.63) is 24.3 Å². The number of nitrogens with zero attached hydrogens (tertiary/aromatic N) is 2. The van der Waals surface area contributed by atoms with Gasteiger partial charge in [0.1, 0.15) is 12.3 Å². The third kappa shape index (κ3) is 3.01. The van der Waals surface area contributed by atoms with Crippen molar-refractivity contribution in [1.29, 1.82) is 0 Å². The molecule has 0 unspecified atom stereocenters. The second kappa shape index (κ2) is 6.27. The summed E-state index contributed by atoms with van der Waals surface area (Å²) >= 11 is 0. The molecule has 0 atom stereocenters. The van der Waals surface area contributed by atoms with Gasteiger partial charge in [-0.2, -0.15) is 0 Å². The van der Waals surface area contributed by atoms with E-state index in [1.165, 1.54) is 4.90 Å². The molecule has 0 saturated carbocycles. The molecule has 0 spiro atoms. The van der Waals surface area contributed by atoms with Crippen LogP contribution < -0.4 is 15.0 Å². The van der Waals surface area contributed by atoms with Gasteiger partial charge in [-0.15, -0.1) is 0 Å². The molecule has 1 aliphatic rings. The quantitative estimate of drug-likeness (QED) is 0.876. The summed E-state index contributed by atoms with van der Waals surface area (Å²) in [6.45, 7) is 3.78. The Morgan fingerprint density at radius 3 is 2.60 bits per heavy atom. The van der Waals surface area contributed by atoms with Crippen molar-refractivity contribution in [2.75, 3.05) is 38.2 Å². The van der Waals surface area contributed by atoms with Crippen molar-refractivity contribution in [1.82, 2.24) is 10.2 Å². The number of rotatable bonds is 5. The van der Waals surface area contributed by atoms with Crippen LogP contribution in [0.4, 0.5) is 10.5 Å². The molecular weight excluding hydrogens is 258 g/mol. The Morgan fingerprint density at radius 1 is 1.30 bits per heavy atom. The van der Waals surface area contributed by atoms with E-state index < -0.39 is 0 Å². The first-order chi connectivity index (χ1) is 9.65. The average Bonchev–Trinajstić information content (AvgIpc) is 2.81. The Hall–Kier alpha value is -2.24. The van der Waals surface area contributed by atoms with Gasteiger partial charge in [-0.1, -0.05) is 0 Å². The third-order valence-corrected chi connectivity index (χ3v) is 3.17. The van der Waals surface area contributed by atoms with Crippen LogP contribution in [0.2, 0.25) is 0 Å². The maximum atomic E-state index is 12.2. The predicted molar refractivity (Wildman–Crippen MR) is 76.0 cm³/mol. The summed E-state index contributed by atoms with van der Waals surface area (Å²) in [5, 5.41) is 2.52. The summed E-state index contributed by atoms with van der Waals surface area (Å²) < 4.78 is 5.37. The van der Waals surface area contributed by atoms with E-state index in [0.717, 1.165) is 11.4 Å². The maximum Gasteiger partial charge on any atom is 0.325 e. The van der Waals surface area contributed by atoms with Crippen LogP contribution in [0.25, 0.3) is 0 Å². The highest BCUT2D eigenvalue weighted by Crippen LogP contribution is 2.23. The van der Waals surface area contributed by atoms with Crippen LogP contribution in [-0.4, -0.2) is 50.1 Å². The van der Waals surface area contributed by atoms with Crippen LogP contribution in [0.3, 0.4) is 0 Å². The molecule has 2 rings (SSSR count). The number of amides is 3. The summed E-state index contributed by atoms with van der Waals surface area (Å²) in [4.78, 5) is 26.7. The minimum absolute atomic E-state index is 0.100. The lowest BCUT2D eigenvalue weighted by Gasteiger charge is -2.18. The molecule has 0 radical (unpaired) electrons. The van der Waals surface area contributed by atoms with Gasteiger partial charge in [0.05, 0.1) is 6.61 Å². The molecule has 0 bridgehead atoms. The maximum absolute atomic E-state index is 12.2. The van der Waals surface area contributed by atoms with Gasteiger partial charge in [0.15, 0.2) is 0 Å². The second-order valence-corrected chi connectivity index (χ2v) is 4.46. The second-order valence-electron chi connectivity index (χ2n) is 4.46. The fourth-order valence-corrected chi connectivity index (χ4v) is 2.11. The van der Waals surface area contributed by atoms with Gasteiger partial charge in [0, 0.05) is 25.8 Å². The van der Waals surface area contributed by atoms with Crippen molar-refractivity contribution in [3.8, 4) is 5.75 Å². The number of ether oxygens (including phenoxy) is 1. The lowest BCUT2D eigenvalue weighted by molar-refractivity contribution is -0.121. The van der Waals surface area contributed by atoms with Crippen molar-refractivity contribution in [2.24, 2.45) is 0 Å². The fourth-order valence-electron chi connectivity index (χ4n) is 2.11. The highest BCUT2D eigenvalue weighted by Gasteiger charge is 2.30. The normalized spacial score (nSPS) is 14.6. The molecule has 20 heavy (non-hydrogen) atoms. The number of hydrogen-bond donors (Lipinski definition) is 1. The van der Waals surface area contributed by atoms with E-state index in [2.05, 4.69) is 5.32 Å². The van der Waals surface area contributed by atoms with Gasteiger partial charge in [-0.25, -0.2) is 4.79 Å². The van der Waals surface area contributed by atoms with Gasteiger partial charge in [-0.3, -0.25) is 9.69 Å². The van der Waals surface area contributed by atoms with Crippen LogP contribution in [-0.2, 0) is 4.79 Å². The molecule has 6 nitrogen and oxygen atoms in total. The standard InChI is InChI=1S/C14H19N3O3/c1-3-20-12-6-4-11(5-7-12)17-9-8-16(14(17)19)10-13(18)15-2/h4-7H,3,8-10H2,1-2H3,(H,15,18). The lowest BCUT2D eigenvalue weighted by Crippen LogP contribution is -2.38. The summed E-state index contributed by atoms with van der Waals surface area (Å²) in [5.74, 6) is 0.622. The van der Waals surface area contributed by atoms with Crippen molar-refractivity contribution in [2.45, 2.75) is 6.92 Å². The van der Waals surface area contributed by atoms with E-state index in [9.17, 15) is 9.59 Å². The van der Waals surface area contributed by atoms with E-state index in [-0.39, 0.29) is 18.5 Å². The molecule has 0 aliphatic carbocycles. The summed E-state index contributed by atoms with van der Waals surface area (Å²) in [5.41, 5.74) is 0.817. The molecule has 1 N–H and O–H groups in total. The van der Waals surface area contributed by atoms with E-state index >= 15 is 0 Å². The van der Waals surface area contributed by atoms with Crippen LogP contribution in [0.15, 0.2) is 24.3 Å². The predicted octanol–water partition coefficient (Wildman–Crippen LogP) is 1.07. The zero-order valence-corrected chi connectivity index (χ0v) is 11.8. The first-order valence-corrected chi connectivity index (χ1v) is 6.65. The molecule has 108 valence electrons. The van der Waals surface area contributed by atoms with Crippen molar-refractivity contribution in [3.63, 3.8) is 0 Å². The van der Waals surface area contributed by atoms with Crippen LogP contribution in [0.1, 0.15) is 6.92 Å². The number of carbonyl (C=O) groups is 2. The first kappa shape index (κ1) is 14.2. The van der Waals surface area contributed by atoms with Crippen molar-refractivity contribution < 1.29 is 14.3 Å². The Morgan fingerprint density at radius 2 is 2.00 bits per heavy atom. The van der Waals surface area contributed by atoms with E-state index in [0.29, 0.717) is 19.7 Å². The number of carbonyl (C=O) groups excluding carboxylic acids is 2. The molecule has 3 amide bonds. The third-order valence-electron chi connectivity index (χ3n) is 3.17. The average molecular weight is 277 g/mol. The van der Waals surface area contributed by atoms with Crippen LogP contribution >= 0.6 is 0 Å². The summed E-state index contributed by atoms with van der Waals surface area (Å²) in [6.07, 6.45) is 0. The Labute approximate surface area is 118 Å². The Bertz CT molecular complexity index is 487. The Balaban J connectivity index is 2.03. The van der Waals surface area contributed by atoms with Crippen LogP contribution in [0, 0.1) is 0 Å². The Kier molecular flexibility index (Phi) is 4.45. The minimum Gasteiger partial charge on any atom is -0.494 e. The lowest BCUT2D eigenvalue weighted by atomic mass is 10.3. The van der Waals surface area contributed by atoms with Gasteiger partial charge < -0.3 is 15.0 Å². The SMILES string of the molecule is CCOc1ccc(N2CCN(CC(=O)NC)C2=O)cc1. The van der Waals surface area contributed by atoms with E-state index in [1.807, 2.05) is 31.2 Å². The molecule has 0 aromatic heterocycles. The largest absolute Gasteiger partial charge is 0.494 e. The topological polar surface area (TPSA) is 61.9 Å². The summed E-state index contributed by atoms with van der Waals surface area (Å²) in [7, 11) is 1.56. The monoisotopic (exact) mass is 277 g/mol. The van der Waals surface area contributed by atoms with Crippen LogP contribution in [0.5, 0.6) is 5.75 Å². The molecule has 1 aliphatic heterocycles. The highest BCUT2D eigenvalue weighted by atomic mass is 16.5. The number of likely N-dealkylation sites (N-methyl/N-ethyl adjacent to an activating group) is 1. The molecule has 1 aromatic carbocycles. The number of urea groups is 1. The van der Waals surface area contributed by atoms with Gasteiger partial charge in [0.25, 0.3) is 0 Å². The molecular formula is C14H19N3O3. The highest BCUT2D eigenvalue weighted by molar-refractivity contribution is 5.96. The minimum atomic E-state index is -0.160. The first-order valence-electron chi connectivity index (χ1n) is 6.65. The number of hydrogen-bond acceptors (Lipinski definition) is 3. The number of anilines is 1. The molecule has 1 aromatic rings. The van der Waals surface area contributed by atoms with E-state index in [1.54, 1.807) is 11.9 Å². The van der Waals surface area contributed by atoms with Gasteiger partial charge in [-0.05, 0) is 31.2 Å². The van der Waals surface area contributed by atoms with Gasteiger partial charge in [0.2, 0.25) is 5.91 Å². The zero-order chi connectivity index (χ0) is 14.5. The molecule has 1 heterocycles. The molecule has 1 fully saturated rings. The fraction of sp³-hybridized carbons (Fsp3) is 0.429. The molecule has 1 saturated heterocycles. The van der Waals surface area contributed by atoms with E-state index in [4.69, 9.17) is 4.74 Å². The zero-order valence-electron chi connectivity index (χ0n) is 11.8. The smallest absolute Gasteiger partial charge is 0.325 e. The number of benzene rings is 1. The molecule has 6 heteroatoms. The number of nitrogens with one attached hydrogen (secondary N) is 1. The van der Waals surface area contributed by atoms with Gasteiger partial charge >= 0.3 is 6.03 Å².